The van der Waals surface area contributed by atoms with E-state index < -0.39 is 5.91 Å². The van der Waals surface area contributed by atoms with E-state index in [0.717, 1.165) is 0 Å². The zero-order chi connectivity index (χ0) is 7.56. The second kappa shape index (κ2) is 2.91. The molecule has 0 saturated carbocycles. The molecule has 0 aliphatic rings. The molecule has 0 aromatic carbocycles. The lowest BCUT2D eigenvalue weighted by Gasteiger charge is -1.93. The molecule has 52 valence electrons. The number of primary amides is 1. The van der Waals surface area contributed by atoms with Gasteiger partial charge in [-0.2, -0.15) is 5.10 Å². The Morgan fingerprint density at radius 3 is 2.80 bits per heavy atom. The predicted octanol–water partition coefficient (Wildman–Crippen LogP) is 0.180. The molecule has 0 fully saturated rings. The fourth-order valence-corrected chi connectivity index (χ4v) is 1.07. The summed E-state index contributed by atoms with van der Waals surface area (Å²) in [5, 5.41) is 7.20. The molecule has 0 saturated heterocycles. The lowest BCUT2D eigenvalue weighted by Crippen LogP contribution is -2.13. The fraction of sp³-hybridized carbons (Fsp3) is 0. The standard InChI is InChI=1S/C5H4IN3O/c6-4-3(5(7)10)1-2-8-9-4/h1-2H,(H2,7,10). The molecular weight excluding hydrogens is 245 g/mol. The van der Waals surface area contributed by atoms with Crippen molar-refractivity contribution in [2.75, 3.05) is 0 Å². The molecule has 1 heterocycles. The van der Waals surface area contributed by atoms with Crippen LogP contribution in [0.3, 0.4) is 0 Å². The van der Waals surface area contributed by atoms with E-state index in [1.165, 1.54) is 12.3 Å². The first-order valence-corrected chi connectivity index (χ1v) is 3.56. The molecule has 1 amide bonds. The highest BCUT2D eigenvalue weighted by molar-refractivity contribution is 14.1. The maximum Gasteiger partial charge on any atom is 0.251 e. The minimum Gasteiger partial charge on any atom is -0.366 e. The predicted molar refractivity (Wildman–Crippen MR) is 43.3 cm³/mol. The van der Waals surface area contributed by atoms with Gasteiger partial charge in [-0.1, -0.05) is 0 Å². The Kier molecular flexibility index (Phi) is 2.15. The van der Waals surface area contributed by atoms with Gasteiger partial charge in [-0.3, -0.25) is 4.79 Å². The maximum absolute atomic E-state index is 10.6. The monoisotopic (exact) mass is 249 g/mol. The summed E-state index contributed by atoms with van der Waals surface area (Å²) in [5.41, 5.74) is 5.42. The van der Waals surface area contributed by atoms with Crippen molar-refractivity contribution in [3.63, 3.8) is 0 Å². The molecule has 1 aromatic heterocycles. The van der Waals surface area contributed by atoms with E-state index >= 15 is 0 Å². The lowest BCUT2D eigenvalue weighted by atomic mass is 10.3. The van der Waals surface area contributed by atoms with Crippen molar-refractivity contribution in [3.8, 4) is 0 Å². The molecule has 0 bridgehead atoms. The summed E-state index contributed by atoms with van der Waals surface area (Å²) in [7, 11) is 0. The Morgan fingerprint density at radius 2 is 2.40 bits per heavy atom. The molecule has 0 radical (unpaired) electrons. The van der Waals surface area contributed by atoms with E-state index in [4.69, 9.17) is 5.73 Å². The molecule has 1 aromatic rings. The molecule has 4 nitrogen and oxygen atoms in total. The zero-order valence-corrected chi connectivity index (χ0v) is 7.07. The van der Waals surface area contributed by atoms with E-state index in [2.05, 4.69) is 10.2 Å². The third kappa shape index (κ3) is 1.41. The first-order chi connectivity index (χ1) is 4.72. The van der Waals surface area contributed by atoms with E-state index in [0.29, 0.717) is 9.26 Å². The van der Waals surface area contributed by atoms with Crippen molar-refractivity contribution in [3.05, 3.63) is 21.5 Å². The highest BCUT2D eigenvalue weighted by Crippen LogP contribution is 2.04. The Bertz CT molecular complexity index is 263. The largest absolute Gasteiger partial charge is 0.366 e. The van der Waals surface area contributed by atoms with Crippen molar-refractivity contribution in [1.82, 2.24) is 10.2 Å². The quantitative estimate of drug-likeness (QED) is 0.722. The van der Waals surface area contributed by atoms with Crippen molar-refractivity contribution in [2.45, 2.75) is 0 Å². The van der Waals surface area contributed by atoms with Gasteiger partial charge in [-0.05, 0) is 28.7 Å². The van der Waals surface area contributed by atoms with Crippen LogP contribution in [0.25, 0.3) is 0 Å². The number of nitrogens with two attached hydrogens (primary N) is 1. The van der Waals surface area contributed by atoms with Crippen LogP contribution in [0, 0.1) is 3.70 Å². The maximum atomic E-state index is 10.6. The summed E-state index contributed by atoms with van der Waals surface area (Å²) in [6, 6.07) is 1.54. The van der Waals surface area contributed by atoms with Gasteiger partial charge in [0.05, 0.1) is 11.8 Å². The Labute approximate surface area is 71.0 Å². The molecule has 0 aliphatic heterocycles. The van der Waals surface area contributed by atoms with E-state index in [1.54, 1.807) is 0 Å². The summed E-state index contributed by atoms with van der Waals surface area (Å²) in [4.78, 5) is 10.6. The Morgan fingerprint density at radius 1 is 1.70 bits per heavy atom. The number of hydrogen-bond acceptors (Lipinski definition) is 3. The van der Waals surface area contributed by atoms with E-state index in [1.807, 2.05) is 22.6 Å². The van der Waals surface area contributed by atoms with Gasteiger partial charge >= 0.3 is 0 Å². The van der Waals surface area contributed by atoms with Gasteiger partial charge in [0.2, 0.25) is 0 Å². The van der Waals surface area contributed by atoms with Crippen LogP contribution < -0.4 is 5.73 Å². The summed E-state index contributed by atoms with van der Waals surface area (Å²) in [6.45, 7) is 0. The third-order valence-corrected chi connectivity index (χ3v) is 1.74. The molecule has 2 N–H and O–H groups in total. The minimum absolute atomic E-state index is 0.413. The smallest absolute Gasteiger partial charge is 0.251 e. The molecule has 1 rings (SSSR count). The van der Waals surface area contributed by atoms with Crippen LogP contribution in [0.15, 0.2) is 12.3 Å². The fourth-order valence-electron chi connectivity index (χ4n) is 0.498. The second-order valence-corrected chi connectivity index (χ2v) is 2.62. The van der Waals surface area contributed by atoms with Crippen LogP contribution in [0.5, 0.6) is 0 Å². The van der Waals surface area contributed by atoms with Gasteiger partial charge in [0, 0.05) is 0 Å². The number of halogens is 1. The van der Waals surface area contributed by atoms with Gasteiger partial charge in [0.15, 0.2) is 0 Å². The topological polar surface area (TPSA) is 68.9 Å². The molecule has 0 unspecified atom stereocenters. The van der Waals surface area contributed by atoms with Gasteiger partial charge in [0.1, 0.15) is 3.70 Å². The van der Waals surface area contributed by atoms with Crippen molar-refractivity contribution in [1.29, 1.82) is 0 Å². The first kappa shape index (κ1) is 7.39. The Hall–Kier alpha value is -0.720. The van der Waals surface area contributed by atoms with Gasteiger partial charge in [-0.15, -0.1) is 5.10 Å². The second-order valence-electron chi connectivity index (χ2n) is 1.60. The highest BCUT2D eigenvalue weighted by Gasteiger charge is 2.04. The van der Waals surface area contributed by atoms with Gasteiger partial charge in [0.25, 0.3) is 5.91 Å². The molecule has 10 heavy (non-hydrogen) atoms. The number of carbonyl (C=O) groups is 1. The zero-order valence-electron chi connectivity index (χ0n) is 4.91. The van der Waals surface area contributed by atoms with Crippen LogP contribution in [0.2, 0.25) is 0 Å². The molecular formula is C5H4IN3O. The average molecular weight is 249 g/mol. The number of amides is 1. The van der Waals surface area contributed by atoms with Crippen molar-refractivity contribution >= 4 is 28.5 Å². The highest BCUT2D eigenvalue weighted by atomic mass is 127. The van der Waals surface area contributed by atoms with Gasteiger partial charge in [-0.25, -0.2) is 0 Å². The molecule has 0 atom stereocenters. The molecule has 0 aliphatic carbocycles. The summed E-state index contributed by atoms with van der Waals surface area (Å²) < 4.78 is 0.535. The number of carbonyl (C=O) groups excluding carboxylic acids is 1. The number of hydrogen-bond donors (Lipinski definition) is 1. The molecule has 0 spiro atoms. The normalized spacial score (nSPS) is 9.30. The van der Waals surface area contributed by atoms with Crippen molar-refractivity contribution < 1.29 is 4.79 Å². The van der Waals surface area contributed by atoms with Crippen LogP contribution in [0.1, 0.15) is 10.4 Å². The Balaban J connectivity index is 3.15. The number of aromatic nitrogens is 2. The lowest BCUT2D eigenvalue weighted by molar-refractivity contribution is 0.0999. The summed E-state index contributed by atoms with van der Waals surface area (Å²) >= 11 is 1.90. The first-order valence-electron chi connectivity index (χ1n) is 2.49. The van der Waals surface area contributed by atoms with E-state index in [-0.39, 0.29) is 0 Å². The van der Waals surface area contributed by atoms with Crippen LogP contribution in [-0.2, 0) is 0 Å². The number of nitrogens with zero attached hydrogens (tertiary/aromatic N) is 2. The SMILES string of the molecule is NC(=O)c1ccnnc1I. The van der Waals surface area contributed by atoms with Crippen molar-refractivity contribution in [2.24, 2.45) is 5.73 Å². The van der Waals surface area contributed by atoms with Crippen LogP contribution in [-0.4, -0.2) is 16.1 Å². The average Bonchev–Trinajstić information content (AvgIpc) is 1.88. The van der Waals surface area contributed by atoms with Gasteiger partial charge < -0.3 is 5.73 Å². The third-order valence-electron chi connectivity index (χ3n) is 0.941. The number of rotatable bonds is 1. The van der Waals surface area contributed by atoms with E-state index in [9.17, 15) is 4.79 Å². The van der Waals surface area contributed by atoms with Crippen LogP contribution in [0.4, 0.5) is 0 Å². The minimum atomic E-state index is -0.473. The summed E-state index contributed by atoms with van der Waals surface area (Å²) in [5.74, 6) is -0.473. The molecule has 5 heteroatoms. The van der Waals surface area contributed by atoms with Crippen LogP contribution >= 0.6 is 22.6 Å². The summed E-state index contributed by atoms with van der Waals surface area (Å²) in [6.07, 6.45) is 1.43.